The third kappa shape index (κ3) is 5.15. The Morgan fingerprint density at radius 3 is 2.31 bits per heavy atom. The van der Waals surface area contributed by atoms with Crippen LogP contribution < -0.4 is 0 Å². The maximum absolute atomic E-state index is 6.29. The van der Waals surface area contributed by atoms with Gasteiger partial charge in [-0.2, -0.15) is 0 Å². The first-order valence-corrected chi connectivity index (χ1v) is 12.4. The Labute approximate surface area is 194 Å². The summed E-state index contributed by atoms with van der Waals surface area (Å²) >= 11 is 0. The molecule has 0 spiro atoms. The van der Waals surface area contributed by atoms with Crippen molar-refractivity contribution in [1.29, 1.82) is 0 Å². The van der Waals surface area contributed by atoms with Gasteiger partial charge in [0.15, 0.2) is 0 Å². The van der Waals surface area contributed by atoms with Crippen molar-refractivity contribution in [1.82, 2.24) is 0 Å². The molecule has 1 fully saturated rings. The molecule has 32 heavy (non-hydrogen) atoms. The molecule has 4 rings (SSSR count). The molecule has 3 unspecified atom stereocenters. The minimum Gasteiger partial charge on any atom is -0.378 e. The molecule has 0 radical (unpaired) electrons. The summed E-state index contributed by atoms with van der Waals surface area (Å²) < 4.78 is 6.29. The van der Waals surface area contributed by atoms with Gasteiger partial charge in [-0.25, -0.2) is 0 Å². The summed E-state index contributed by atoms with van der Waals surface area (Å²) in [6.07, 6.45) is 6.54. The van der Waals surface area contributed by atoms with Gasteiger partial charge < -0.3 is 4.74 Å². The largest absolute Gasteiger partial charge is 0.378 e. The molecule has 3 aromatic rings. The molecule has 1 saturated carbocycles. The van der Waals surface area contributed by atoms with Gasteiger partial charge >= 0.3 is 0 Å². The molecule has 0 bridgehead atoms. The second-order valence-corrected chi connectivity index (χ2v) is 9.61. The summed E-state index contributed by atoms with van der Waals surface area (Å²) in [6.45, 7) is 9.66. The number of aryl methyl sites for hydroxylation is 3. The first-order chi connectivity index (χ1) is 15.6. The highest BCUT2D eigenvalue weighted by Gasteiger charge is 2.33. The zero-order valence-corrected chi connectivity index (χ0v) is 20.2. The van der Waals surface area contributed by atoms with Crippen molar-refractivity contribution < 1.29 is 4.74 Å². The molecule has 0 N–H and O–H groups in total. The quantitative estimate of drug-likeness (QED) is 0.370. The Bertz CT molecular complexity index is 1020. The fourth-order valence-electron chi connectivity index (χ4n) is 5.57. The van der Waals surface area contributed by atoms with Crippen LogP contribution in [-0.4, -0.2) is 12.7 Å². The van der Waals surface area contributed by atoms with Gasteiger partial charge in [0, 0.05) is 6.61 Å². The third-order valence-corrected chi connectivity index (χ3v) is 7.44. The lowest BCUT2D eigenvalue weighted by Crippen LogP contribution is -2.33. The van der Waals surface area contributed by atoms with Gasteiger partial charge in [0.05, 0.1) is 6.10 Å². The van der Waals surface area contributed by atoms with Crippen LogP contribution in [0.5, 0.6) is 0 Å². The molecule has 0 aliphatic heterocycles. The molecular weight excluding hydrogens is 388 g/mol. The van der Waals surface area contributed by atoms with Crippen molar-refractivity contribution in [3.8, 4) is 11.1 Å². The van der Waals surface area contributed by atoms with Gasteiger partial charge in [-0.15, -0.1) is 0 Å². The fourth-order valence-corrected chi connectivity index (χ4v) is 5.57. The maximum atomic E-state index is 6.29. The molecule has 0 amide bonds. The smallest absolute Gasteiger partial charge is 0.0609 e. The predicted molar refractivity (Wildman–Crippen MR) is 136 cm³/mol. The molecule has 3 atom stereocenters. The van der Waals surface area contributed by atoms with E-state index in [0.717, 1.165) is 13.0 Å². The third-order valence-electron chi connectivity index (χ3n) is 7.44. The monoisotopic (exact) mass is 426 g/mol. The molecular formula is C31H38O. The predicted octanol–water partition coefficient (Wildman–Crippen LogP) is 8.20. The lowest BCUT2D eigenvalue weighted by Gasteiger charge is -2.37. The number of rotatable bonds is 7. The van der Waals surface area contributed by atoms with Crippen LogP contribution in [0.15, 0.2) is 66.7 Å². The van der Waals surface area contributed by atoms with Crippen LogP contribution in [0, 0.1) is 26.7 Å². The summed E-state index contributed by atoms with van der Waals surface area (Å²) in [4.78, 5) is 0. The van der Waals surface area contributed by atoms with E-state index >= 15 is 0 Å². The Morgan fingerprint density at radius 2 is 1.59 bits per heavy atom. The van der Waals surface area contributed by atoms with Crippen molar-refractivity contribution in [2.75, 3.05) is 6.61 Å². The number of hydrogen-bond acceptors (Lipinski definition) is 1. The summed E-state index contributed by atoms with van der Waals surface area (Å²) in [5.74, 6) is 1.08. The van der Waals surface area contributed by atoms with Crippen LogP contribution in [-0.2, 0) is 11.2 Å². The Morgan fingerprint density at radius 1 is 0.812 bits per heavy atom. The lowest BCUT2D eigenvalue weighted by atomic mass is 9.72. The van der Waals surface area contributed by atoms with Crippen molar-refractivity contribution in [3.05, 3.63) is 94.5 Å². The first-order valence-electron chi connectivity index (χ1n) is 12.4. The zero-order valence-electron chi connectivity index (χ0n) is 20.2. The molecule has 0 saturated heterocycles. The number of benzene rings is 3. The van der Waals surface area contributed by atoms with Crippen molar-refractivity contribution in [2.24, 2.45) is 5.92 Å². The van der Waals surface area contributed by atoms with Gasteiger partial charge in [-0.05, 0) is 97.7 Å². The molecule has 3 aromatic carbocycles. The Kier molecular flexibility index (Phi) is 7.48. The highest BCUT2D eigenvalue weighted by Crippen LogP contribution is 2.40. The lowest BCUT2D eigenvalue weighted by molar-refractivity contribution is -0.0137. The van der Waals surface area contributed by atoms with Crippen LogP contribution in [0.4, 0.5) is 0 Å². The van der Waals surface area contributed by atoms with Crippen LogP contribution in [0.25, 0.3) is 11.1 Å². The fraction of sp³-hybridized carbons (Fsp3) is 0.419. The molecule has 1 aliphatic carbocycles. The summed E-state index contributed by atoms with van der Waals surface area (Å²) in [6, 6.07) is 24.9. The molecule has 1 heteroatoms. The van der Waals surface area contributed by atoms with Crippen LogP contribution in [0.2, 0.25) is 0 Å². The van der Waals surface area contributed by atoms with Crippen molar-refractivity contribution >= 4 is 0 Å². The number of hydrogen-bond donors (Lipinski definition) is 0. The molecule has 168 valence electrons. The van der Waals surface area contributed by atoms with E-state index in [0.29, 0.717) is 17.9 Å². The van der Waals surface area contributed by atoms with Crippen molar-refractivity contribution in [2.45, 2.75) is 71.8 Å². The average Bonchev–Trinajstić information content (AvgIpc) is 2.81. The van der Waals surface area contributed by atoms with Gasteiger partial charge in [-0.1, -0.05) is 79.6 Å². The van der Waals surface area contributed by atoms with Gasteiger partial charge in [0.25, 0.3) is 0 Å². The van der Waals surface area contributed by atoms with E-state index in [-0.39, 0.29) is 0 Å². The van der Waals surface area contributed by atoms with E-state index in [2.05, 4.69) is 94.4 Å². The van der Waals surface area contributed by atoms with Crippen molar-refractivity contribution in [3.63, 3.8) is 0 Å². The van der Waals surface area contributed by atoms with Gasteiger partial charge in [-0.3, -0.25) is 0 Å². The minimum absolute atomic E-state index is 0.380. The maximum Gasteiger partial charge on any atom is 0.0609 e. The topological polar surface area (TPSA) is 9.23 Å². The summed E-state index contributed by atoms with van der Waals surface area (Å²) in [5, 5.41) is 0. The van der Waals surface area contributed by atoms with E-state index in [1.165, 1.54) is 64.6 Å². The standard InChI is InChI=1S/C31H38O/c1-5-32-31-14-10-9-13-29(31)30(27-17-15-22(2)23(3)20-27)21-25-16-18-28(24(4)19-25)26-11-7-6-8-12-26/h6-8,11-12,15-20,29-31H,5,9-10,13-14,21H2,1-4H3. The normalized spacial score (nSPS) is 19.6. The first kappa shape index (κ1) is 22.8. The van der Waals surface area contributed by atoms with E-state index < -0.39 is 0 Å². The van der Waals surface area contributed by atoms with E-state index in [1.54, 1.807) is 0 Å². The van der Waals surface area contributed by atoms with Crippen LogP contribution in [0.1, 0.15) is 66.3 Å². The molecule has 1 aliphatic rings. The number of ether oxygens (including phenoxy) is 1. The SMILES string of the molecule is CCOC1CCCCC1C(Cc1ccc(-c2ccccc2)c(C)c1)c1ccc(C)c(C)c1. The van der Waals surface area contributed by atoms with Crippen LogP contribution in [0.3, 0.4) is 0 Å². The highest BCUT2D eigenvalue weighted by atomic mass is 16.5. The van der Waals surface area contributed by atoms with E-state index in [4.69, 9.17) is 4.74 Å². The highest BCUT2D eigenvalue weighted by molar-refractivity contribution is 5.67. The van der Waals surface area contributed by atoms with Crippen LogP contribution >= 0.6 is 0 Å². The van der Waals surface area contributed by atoms with E-state index in [1.807, 2.05) is 0 Å². The summed E-state index contributed by atoms with van der Waals surface area (Å²) in [7, 11) is 0. The Hall–Kier alpha value is -2.38. The molecule has 0 aromatic heterocycles. The summed E-state index contributed by atoms with van der Waals surface area (Å²) in [5.41, 5.74) is 9.68. The minimum atomic E-state index is 0.380. The molecule has 1 nitrogen and oxygen atoms in total. The second kappa shape index (κ2) is 10.5. The van der Waals surface area contributed by atoms with E-state index in [9.17, 15) is 0 Å². The second-order valence-electron chi connectivity index (χ2n) is 9.61. The molecule has 0 heterocycles. The van der Waals surface area contributed by atoms with Gasteiger partial charge in [0.2, 0.25) is 0 Å². The average molecular weight is 427 g/mol. The zero-order chi connectivity index (χ0) is 22.5. The van der Waals surface area contributed by atoms with Gasteiger partial charge in [0.1, 0.15) is 0 Å². The Balaban J connectivity index is 1.67.